The topological polar surface area (TPSA) is 92.1 Å². The maximum absolute atomic E-state index is 12.3. The minimum Gasteiger partial charge on any atom is -0.326 e. The third-order valence-corrected chi connectivity index (χ3v) is 5.31. The summed E-state index contributed by atoms with van der Waals surface area (Å²) in [5, 5.41) is 3.49. The van der Waals surface area contributed by atoms with Crippen LogP contribution in [-0.4, -0.2) is 25.3 Å². The Kier molecular flexibility index (Phi) is 5.21. The highest BCUT2D eigenvalue weighted by molar-refractivity contribution is 5.91. The Morgan fingerprint density at radius 1 is 0.969 bits per heavy atom. The van der Waals surface area contributed by atoms with Crippen molar-refractivity contribution in [3.63, 3.8) is 0 Å². The van der Waals surface area contributed by atoms with Gasteiger partial charge in [-0.05, 0) is 42.8 Å². The minimum atomic E-state index is -0.152. The van der Waals surface area contributed by atoms with E-state index < -0.39 is 0 Å². The van der Waals surface area contributed by atoms with E-state index in [4.69, 9.17) is 0 Å². The first kappa shape index (κ1) is 19.7. The van der Waals surface area contributed by atoms with E-state index >= 15 is 0 Å². The maximum atomic E-state index is 12.3. The van der Waals surface area contributed by atoms with Gasteiger partial charge in [0.25, 0.3) is 5.56 Å². The SMILES string of the molecule is O=C(CCCc1nc2ccccc2c(=O)[nH]1)Nc1ccc(-c2cn3ccccc3n2)cc1. The second kappa shape index (κ2) is 8.47. The third-order valence-electron chi connectivity index (χ3n) is 5.31. The second-order valence-corrected chi connectivity index (χ2v) is 7.60. The summed E-state index contributed by atoms with van der Waals surface area (Å²) in [6, 6.07) is 20.8. The average molecular weight is 423 g/mol. The lowest BCUT2D eigenvalue weighted by molar-refractivity contribution is -0.116. The van der Waals surface area contributed by atoms with Crippen LogP contribution in [0.15, 0.2) is 83.9 Å². The normalized spacial score (nSPS) is 11.1. The number of imidazole rings is 1. The lowest BCUT2D eigenvalue weighted by atomic mass is 10.1. The highest BCUT2D eigenvalue weighted by Gasteiger charge is 2.08. The van der Waals surface area contributed by atoms with Gasteiger partial charge in [0.2, 0.25) is 5.91 Å². The number of carbonyl (C=O) groups is 1. The van der Waals surface area contributed by atoms with E-state index in [2.05, 4.69) is 20.3 Å². The molecular formula is C25H21N5O2. The zero-order valence-electron chi connectivity index (χ0n) is 17.3. The number of H-pyrrole nitrogens is 1. The van der Waals surface area contributed by atoms with Crippen LogP contribution < -0.4 is 10.9 Å². The van der Waals surface area contributed by atoms with Gasteiger partial charge < -0.3 is 14.7 Å². The van der Waals surface area contributed by atoms with Gasteiger partial charge in [-0.3, -0.25) is 9.59 Å². The molecule has 7 heteroatoms. The molecule has 0 unspecified atom stereocenters. The van der Waals surface area contributed by atoms with Crippen LogP contribution >= 0.6 is 0 Å². The molecule has 0 fully saturated rings. The fourth-order valence-corrected chi connectivity index (χ4v) is 3.69. The van der Waals surface area contributed by atoms with Crippen molar-refractivity contribution >= 4 is 28.1 Å². The second-order valence-electron chi connectivity index (χ2n) is 7.60. The number of nitrogens with zero attached hydrogens (tertiary/aromatic N) is 3. The third kappa shape index (κ3) is 4.13. The molecule has 0 aliphatic rings. The van der Waals surface area contributed by atoms with Gasteiger partial charge in [-0.25, -0.2) is 9.97 Å². The van der Waals surface area contributed by atoms with E-state index in [1.54, 1.807) is 6.07 Å². The van der Waals surface area contributed by atoms with Gasteiger partial charge in [0.15, 0.2) is 0 Å². The molecule has 0 saturated heterocycles. The Morgan fingerprint density at radius 2 is 1.78 bits per heavy atom. The molecule has 1 amide bonds. The van der Waals surface area contributed by atoms with E-state index in [1.165, 1.54) is 0 Å². The van der Waals surface area contributed by atoms with E-state index in [-0.39, 0.29) is 11.5 Å². The van der Waals surface area contributed by atoms with Crippen LogP contribution in [0.25, 0.3) is 27.8 Å². The molecule has 0 spiro atoms. The van der Waals surface area contributed by atoms with E-state index in [9.17, 15) is 9.59 Å². The molecule has 0 atom stereocenters. The molecule has 2 N–H and O–H groups in total. The van der Waals surface area contributed by atoms with Crippen LogP contribution in [0.5, 0.6) is 0 Å². The van der Waals surface area contributed by atoms with Crippen LogP contribution in [0.3, 0.4) is 0 Å². The van der Waals surface area contributed by atoms with Gasteiger partial charge in [0.05, 0.1) is 16.6 Å². The molecule has 7 nitrogen and oxygen atoms in total. The highest BCUT2D eigenvalue weighted by atomic mass is 16.1. The van der Waals surface area contributed by atoms with E-state index in [1.807, 2.05) is 77.5 Å². The number of pyridine rings is 1. The van der Waals surface area contributed by atoms with Crippen molar-refractivity contribution in [2.24, 2.45) is 0 Å². The number of hydrogen-bond donors (Lipinski definition) is 2. The molecule has 158 valence electrons. The predicted molar refractivity (Wildman–Crippen MR) is 125 cm³/mol. The molecule has 0 bridgehead atoms. The smallest absolute Gasteiger partial charge is 0.258 e. The molecule has 32 heavy (non-hydrogen) atoms. The van der Waals surface area contributed by atoms with E-state index in [0.29, 0.717) is 36.0 Å². The molecule has 3 aromatic heterocycles. The number of aromatic nitrogens is 4. The van der Waals surface area contributed by atoms with Gasteiger partial charge in [-0.2, -0.15) is 0 Å². The van der Waals surface area contributed by atoms with Gasteiger partial charge in [0, 0.05) is 36.5 Å². The Hall–Kier alpha value is -4.26. The number of hydrogen-bond acceptors (Lipinski definition) is 4. The van der Waals surface area contributed by atoms with Crippen molar-refractivity contribution in [1.29, 1.82) is 0 Å². The summed E-state index contributed by atoms with van der Waals surface area (Å²) in [5.74, 6) is 0.520. The molecule has 0 aliphatic heterocycles. The average Bonchev–Trinajstić information content (AvgIpc) is 3.24. The Balaban J connectivity index is 1.18. The zero-order valence-corrected chi connectivity index (χ0v) is 17.3. The predicted octanol–water partition coefficient (Wildman–Crippen LogP) is 4.20. The van der Waals surface area contributed by atoms with Gasteiger partial charge >= 0.3 is 0 Å². The maximum Gasteiger partial charge on any atom is 0.258 e. The number of para-hydroxylation sites is 1. The summed E-state index contributed by atoms with van der Waals surface area (Å²) >= 11 is 0. The number of aromatic amines is 1. The van der Waals surface area contributed by atoms with Crippen molar-refractivity contribution in [2.75, 3.05) is 5.32 Å². The largest absolute Gasteiger partial charge is 0.326 e. The van der Waals surface area contributed by atoms with Crippen molar-refractivity contribution in [2.45, 2.75) is 19.3 Å². The number of amides is 1. The Bertz CT molecular complexity index is 1430. The van der Waals surface area contributed by atoms with Gasteiger partial charge in [-0.1, -0.05) is 30.3 Å². The molecule has 0 radical (unpaired) electrons. The van der Waals surface area contributed by atoms with Crippen molar-refractivity contribution in [3.8, 4) is 11.3 Å². The first-order valence-corrected chi connectivity index (χ1v) is 10.5. The first-order valence-electron chi connectivity index (χ1n) is 10.5. The summed E-state index contributed by atoms with van der Waals surface area (Å²) in [5.41, 5.74) is 4.01. The molecule has 0 aliphatic carbocycles. The van der Waals surface area contributed by atoms with Gasteiger partial charge in [0.1, 0.15) is 11.5 Å². The summed E-state index contributed by atoms with van der Waals surface area (Å²) < 4.78 is 1.97. The standard InChI is InChI=1S/C25H21N5O2/c31-24(10-5-8-22-27-20-7-2-1-6-19(20)25(32)29-22)26-18-13-11-17(12-14-18)21-16-30-15-4-3-9-23(30)28-21/h1-4,6-7,9,11-16H,5,8,10H2,(H,26,31)(H,27,29,32). The monoisotopic (exact) mass is 423 g/mol. The lowest BCUT2D eigenvalue weighted by Gasteiger charge is -2.06. The number of carbonyl (C=O) groups excluding carboxylic acids is 1. The van der Waals surface area contributed by atoms with Crippen LogP contribution in [0, 0.1) is 0 Å². The highest BCUT2D eigenvalue weighted by Crippen LogP contribution is 2.21. The van der Waals surface area contributed by atoms with Gasteiger partial charge in [-0.15, -0.1) is 0 Å². The van der Waals surface area contributed by atoms with E-state index in [0.717, 1.165) is 22.6 Å². The molecule has 0 saturated carbocycles. The zero-order chi connectivity index (χ0) is 21.9. The fraction of sp³-hybridized carbons (Fsp3) is 0.120. The number of aryl methyl sites for hydroxylation is 1. The van der Waals surface area contributed by atoms with Crippen LogP contribution in [-0.2, 0) is 11.2 Å². The van der Waals surface area contributed by atoms with Crippen molar-refractivity contribution in [3.05, 3.63) is 95.3 Å². The molecular weight excluding hydrogens is 402 g/mol. The van der Waals surface area contributed by atoms with Crippen LogP contribution in [0.4, 0.5) is 5.69 Å². The summed E-state index contributed by atoms with van der Waals surface area (Å²) in [6.45, 7) is 0. The van der Waals surface area contributed by atoms with Crippen molar-refractivity contribution in [1.82, 2.24) is 19.4 Å². The first-order chi connectivity index (χ1) is 15.7. The fourth-order valence-electron chi connectivity index (χ4n) is 3.69. The number of fused-ring (bicyclic) bond motifs is 2. The Morgan fingerprint density at radius 3 is 2.62 bits per heavy atom. The summed E-state index contributed by atoms with van der Waals surface area (Å²) in [6.07, 6.45) is 5.40. The summed E-state index contributed by atoms with van der Waals surface area (Å²) in [4.78, 5) is 36.4. The molecule has 3 heterocycles. The number of anilines is 1. The van der Waals surface area contributed by atoms with Crippen molar-refractivity contribution < 1.29 is 4.79 Å². The Labute approximate surface area is 183 Å². The minimum absolute atomic E-state index is 0.0754. The number of rotatable bonds is 6. The lowest BCUT2D eigenvalue weighted by Crippen LogP contribution is -2.14. The molecule has 2 aromatic carbocycles. The molecule has 5 aromatic rings. The van der Waals surface area contributed by atoms with Crippen LogP contribution in [0.1, 0.15) is 18.7 Å². The number of benzene rings is 2. The molecule has 5 rings (SSSR count). The summed E-state index contributed by atoms with van der Waals surface area (Å²) in [7, 11) is 0. The quantitative estimate of drug-likeness (QED) is 0.428. The van der Waals surface area contributed by atoms with Crippen LogP contribution in [0.2, 0.25) is 0 Å². The number of nitrogens with one attached hydrogen (secondary N) is 2.